The van der Waals surface area contributed by atoms with Gasteiger partial charge in [-0.05, 0) is 49.4 Å². The van der Waals surface area contributed by atoms with Crippen LogP contribution in [-0.2, 0) is 6.54 Å². The summed E-state index contributed by atoms with van der Waals surface area (Å²) in [5.74, 6) is 0. The molecule has 1 saturated carbocycles. The van der Waals surface area contributed by atoms with Gasteiger partial charge in [0.25, 0.3) is 0 Å². The Hall–Kier alpha value is -0.570. The van der Waals surface area contributed by atoms with E-state index in [1.54, 1.807) is 0 Å². The van der Waals surface area contributed by atoms with Crippen molar-refractivity contribution in [2.24, 2.45) is 5.41 Å². The molecule has 0 heterocycles. The molecule has 0 bridgehead atoms. The lowest BCUT2D eigenvalue weighted by Crippen LogP contribution is -2.41. The molecule has 0 radical (unpaired) electrons. The van der Waals surface area contributed by atoms with Crippen LogP contribution < -0.4 is 5.32 Å². The topological polar surface area (TPSA) is 15.3 Å². The zero-order chi connectivity index (χ0) is 15.3. The van der Waals surface area contributed by atoms with E-state index in [9.17, 15) is 0 Å². The molecule has 1 unspecified atom stereocenters. The highest BCUT2D eigenvalue weighted by atomic mass is 35.5. The number of rotatable bonds is 9. The highest BCUT2D eigenvalue weighted by molar-refractivity contribution is 6.30. The zero-order valence-electron chi connectivity index (χ0n) is 13.7. The minimum absolute atomic E-state index is 0.360. The summed E-state index contributed by atoms with van der Waals surface area (Å²) < 4.78 is 0. The average Bonchev–Trinajstić information content (AvgIpc) is 3.23. The summed E-state index contributed by atoms with van der Waals surface area (Å²) in [6.07, 6.45) is 5.25. The summed E-state index contributed by atoms with van der Waals surface area (Å²) in [4.78, 5) is 2.44. The summed E-state index contributed by atoms with van der Waals surface area (Å²) >= 11 is 5.95. The van der Waals surface area contributed by atoms with Gasteiger partial charge in [-0.3, -0.25) is 0 Å². The Morgan fingerprint density at radius 3 is 2.52 bits per heavy atom. The lowest BCUT2D eigenvalue weighted by molar-refractivity contribution is 0.167. The van der Waals surface area contributed by atoms with Crippen LogP contribution in [0.4, 0.5) is 0 Å². The molecular formula is C18H29ClN2. The first-order valence-corrected chi connectivity index (χ1v) is 8.55. The van der Waals surface area contributed by atoms with Crippen LogP contribution in [0.2, 0.25) is 5.02 Å². The van der Waals surface area contributed by atoms with Crippen LogP contribution in [0.5, 0.6) is 0 Å². The summed E-state index contributed by atoms with van der Waals surface area (Å²) in [7, 11) is 2.22. The number of nitrogens with one attached hydrogen (secondary N) is 1. The quantitative estimate of drug-likeness (QED) is 0.730. The molecule has 118 valence electrons. The maximum atomic E-state index is 5.95. The highest BCUT2D eigenvalue weighted by Crippen LogP contribution is 2.27. The Labute approximate surface area is 134 Å². The Morgan fingerprint density at radius 2 is 1.95 bits per heavy atom. The molecule has 1 aliphatic rings. The van der Waals surface area contributed by atoms with Gasteiger partial charge in [-0.15, -0.1) is 0 Å². The average molecular weight is 309 g/mol. The molecule has 1 aliphatic carbocycles. The maximum Gasteiger partial charge on any atom is 0.0406 e. The van der Waals surface area contributed by atoms with E-state index in [1.807, 2.05) is 12.1 Å². The molecule has 1 N–H and O–H groups in total. The second-order valence-electron chi connectivity index (χ2n) is 7.01. The van der Waals surface area contributed by atoms with E-state index in [4.69, 9.17) is 11.6 Å². The first-order valence-electron chi connectivity index (χ1n) is 8.17. The zero-order valence-corrected chi connectivity index (χ0v) is 14.4. The van der Waals surface area contributed by atoms with Crippen LogP contribution in [-0.4, -0.2) is 31.1 Å². The Morgan fingerprint density at radius 1 is 1.29 bits per heavy atom. The third-order valence-corrected chi connectivity index (χ3v) is 4.52. The molecule has 0 aliphatic heterocycles. The van der Waals surface area contributed by atoms with Gasteiger partial charge in [-0.2, -0.15) is 0 Å². The molecule has 1 aromatic carbocycles. The van der Waals surface area contributed by atoms with Crippen LogP contribution >= 0.6 is 11.6 Å². The molecule has 0 spiro atoms. The maximum absolute atomic E-state index is 5.95. The largest absolute Gasteiger partial charge is 0.313 e. The van der Waals surface area contributed by atoms with Crippen LogP contribution in [0.15, 0.2) is 24.3 Å². The minimum atomic E-state index is 0.360. The van der Waals surface area contributed by atoms with Crippen LogP contribution in [0.3, 0.4) is 0 Å². The molecule has 21 heavy (non-hydrogen) atoms. The van der Waals surface area contributed by atoms with Crippen molar-refractivity contribution in [3.63, 3.8) is 0 Å². The first kappa shape index (κ1) is 16.8. The fourth-order valence-corrected chi connectivity index (χ4v) is 3.24. The second-order valence-corrected chi connectivity index (χ2v) is 7.45. The smallest absolute Gasteiger partial charge is 0.0406 e. The van der Waals surface area contributed by atoms with E-state index in [2.05, 4.69) is 43.2 Å². The van der Waals surface area contributed by atoms with E-state index in [1.165, 1.54) is 31.2 Å². The van der Waals surface area contributed by atoms with Gasteiger partial charge in [0, 0.05) is 30.7 Å². The lowest BCUT2D eigenvalue weighted by atomic mass is 9.84. The lowest BCUT2D eigenvalue weighted by Gasteiger charge is -2.34. The predicted molar refractivity (Wildman–Crippen MR) is 91.8 cm³/mol. The number of halogens is 1. The summed E-state index contributed by atoms with van der Waals surface area (Å²) in [6, 6.07) is 8.99. The summed E-state index contributed by atoms with van der Waals surface area (Å²) in [5.41, 5.74) is 1.69. The molecular weight excluding hydrogens is 280 g/mol. The van der Waals surface area contributed by atoms with Crippen molar-refractivity contribution >= 4 is 11.6 Å². The van der Waals surface area contributed by atoms with Gasteiger partial charge in [0.2, 0.25) is 0 Å². The van der Waals surface area contributed by atoms with Crippen molar-refractivity contribution in [3.05, 3.63) is 34.9 Å². The number of benzene rings is 1. The summed E-state index contributed by atoms with van der Waals surface area (Å²) in [6.45, 7) is 7.96. The van der Waals surface area contributed by atoms with E-state index >= 15 is 0 Å². The van der Waals surface area contributed by atoms with Crippen molar-refractivity contribution < 1.29 is 0 Å². The van der Waals surface area contributed by atoms with Gasteiger partial charge < -0.3 is 10.2 Å². The Bertz CT molecular complexity index is 427. The predicted octanol–water partition coefficient (Wildman–Crippen LogP) is 4.33. The molecule has 3 heteroatoms. The molecule has 0 saturated heterocycles. The number of hydrogen-bond acceptors (Lipinski definition) is 2. The third-order valence-electron chi connectivity index (χ3n) is 4.27. The van der Waals surface area contributed by atoms with Crippen molar-refractivity contribution in [1.82, 2.24) is 10.2 Å². The Balaban J connectivity index is 1.86. The molecule has 0 aromatic heterocycles. The third kappa shape index (κ3) is 5.98. The molecule has 1 atom stereocenters. The van der Waals surface area contributed by atoms with Crippen LogP contribution in [0.1, 0.15) is 45.1 Å². The molecule has 2 nitrogen and oxygen atoms in total. The number of hydrogen-bond donors (Lipinski definition) is 1. The van der Waals surface area contributed by atoms with Crippen molar-refractivity contribution in [1.29, 1.82) is 0 Å². The molecule has 2 rings (SSSR count). The van der Waals surface area contributed by atoms with E-state index in [0.717, 1.165) is 30.7 Å². The van der Waals surface area contributed by atoms with Crippen molar-refractivity contribution in [3.8, 4) is 0 Å². The molecule has 0 amide bonds. The van der Waals surface area contributed by atoms with Crippen LogP contribution in [0, 0.1) is 5.41 Å². The van der Waals surface area contributed by atoms with Gasteiger partial charge in [-0.1, -0.05) is 44.0 Å². The molecule has 1 aromatic rings. The first-order chi connectivity index (χ1) is 10.0. The monoisotopic (exact) mass is 308 g/mol. The highest BCUT2D eigenvalue weighted by Gasteiger charge is 2.29. The van der Waals surface area contributed by atoms with Gasteiger partial charge >= 0.3 is 0 Å². The van der Waals surface area contributed by atoms with Crippen molar-refractivity contribution in [2.45, 2.75) is 52.1 Å². The standard InChI is InChI=1S/C18H29ClN2/c1-4-11-18(2,13-20-17-9-10-17)14-21(3)12-15-5-7-16(19)8-6-15/h5-8,17,20H,4,9-14H2,1-3H3. The normalized spacial score (nSPS) is 18.0. The fraction of sp³-hybridized carbons (Fsp3) is 0.667. The van der Waals surface area contributed by atoms with E-state index < -0.39 is 0 Å². The SMILES string of the molecule is CCCC(C)(CNC1CC1)CN(C)Cc1ccc(Cl)cc1. The Kier molecular flexibility index (Phi) is 6.09. The van der Waals surface area contributed by atoms with E-state index in [-0.39, 0.29) is 0 Å². The van der Waals surface area contributed by atoms with Crippen molar-refractivity contribution in [2.75, 3.05) is 20.1 Å². The fourth-order valence-electron chi connectivity index (χ4n) is 3.11. The van der Waals surface area contributed by atoms with Gasteiger partial charge in [-0.25, -0.2) is 0 Å². The summed E-state index contributed by atoms with van der Waals surface area (Å²) in [5, 5.41) is 4.53. The van der Waals surface area contributed by atoms with Gasteiger partial charge in [0.15, 0.2) is 0 Å². The van der Waals surface area contributed by atoms with Gasteiger partial charge in [0.05, 0.1) is 0 Å². The van der Waals surface area contributed by atoms with E-state index in [0.29, 0.717) is 5.41 Å². The number of nitrogens with zero attached hydrogens (tertiary/aromatic N) is 1. The van der Waals surface area contributed by atoms with Crippen LogP contribution in [0.25, 0.3) is 0 Å². The van der Waals surface area contributed by atoms with Gasteiger partial charge in [0.1, 0.15) is 0 Å². The second kappa shape index (κ2) is 7.62. The molecule has 1 fully saturated rings. The minimum Gasteiger partial charge on any atom is -0.313 e.